The maximum absolute atomic E-state index is 12.3. The minimum atomic E-state index is -1.07. The summed E-state index contributed by atoms with van der Waals surface area (Å²) < 4.78 is 5.20. The fraction of sp³-hybridized carbons (Fsp3) is 0.111. The highest BCUT2D eigenvalue weighted by Gasteiger charge is 2.30. The van der Waals surface area contributed by atoms with Gasteiger partial charge in [-0.2, -0.15) is 5.10 Å². The largest absolute Gasteiger partial charge is 0.481 e. The standard InChI is InChI=1S/C18H15N3O4/c1-21-14-8-4-3-7-13(14)17(18(21)24)20-19-10-12-6-2-5-9-15(12)25-11-16(22)23/h2-10H,11H2,1H3,(H,22,23)/b19-10-,20-17-. The van der Waals surface area contributed by atoms with E-state index in [9.17, 15) is 9.59 Å². The van der Waals surface area contributed by atoms with Crippen LogP contribution >= 0.6 is 0 Å². The third-order valence-corrected chi connectivity index (χ3v) is 3.65. The number of hydrogen-bond donors (Lipinski definition) is 1. The van der Waals surface area contributed by atoms with Gasteiger partial charge >= 0.3 is 5.97 Å². The van der Waals surface area contributed by atoms with Gasteiger partial charge in [-0.05, 0) is 18.2 Å². The highest BCUT2D eigenvalue weighted by Crippen LogP contribution is 2.27. The van der Waals surface area contributed by atoms with Gasteiger partial charge in [-0.25, -0.2) is 4.79 Å². The maximum Gasteiger partial charge on any atom is 0.341 e. The van der Waals surface area contributed by atoms with Crippen LogP contribution in [0.15, 0.2) is 58.7 Å². The number of amides is 1. The zero-order chi connectivity index (χ0) is 17.8. The van der Waals surface area contributed by atoms with Crippen molar-refractivity contribution in [3.63, 3.8) is 0 Å². The van der Waals surface area contributed by atoms with Gasteiger partial charge in [0, 0.05) is 18.2 Å². The highest BCUT2D eigenvalue weighted by atomic mass is 16.5. The lowest BCUT2D eigenvalue weighted by atomic mass is 10.1. The molecule has 0 aliphatic carbocycles. The van der Waals surface area contributed by atoms with Crippen LogP contribution < -0.4 is 9.64 Å². The number of hydrogen-bond acceptors (Lipinski definition) is 5. The molecule has 2 aromatic rings. The molecule has 126 valence electrons. The lowest BCUT2D eigenvalue weighted by Crippen LogP contribution is -2.25. The number of aliphatic carboxylic acids is 1. The van der Waals surface area contributed by atoms with E-state index < -0.39 is 12.6 Å². The number of benzene rings is 2. The molecule has 1 aliphatic rings. The first-order valence-electron chi connectivity index (χ1n) is 7.50. The molecule has 0 saturated heterocycles. The van der Waals surface area contributed by atoms with Crippen LogP contribution in [0.3, 0.4) is 0 Å². The number of rotatable bonds is 5. The minimum absolute atomic E-state index is 0.228. The van der Waals surface area contributed by atoms with Crippen molar-refractivity contribution in [2.24, 2.45) is 10.2 Å². The highest BCUT2D eigenvalue weighted by molar-refractivity contribution is 6.54. The monoisotopic (exact) mass is 337 g/mol. The first kappa shape index (κ1) is 16.4. The minimum Gasteiger partial charge on any atom is -0.481 e. The van der Waals surface area contributed by atoms with Gasteiger partial charge in [-0.1, -0.05) is 30.3 Å². The molecule has 1 aliphatic heterocycles. The molecule has 7 heteroatoms. The van der Waals surface area contributed by atoms with E-state index in [4.69, 9.17) is 9.84 Å². The van der Waals surface area contributed by atoms with E-state index in [1.165, 1.54) is 11.1 Å². The van der Waals surface area contributed by atoms with Crippen molar-refractivity contribution in [2.75, 3.05) is 18.6 Å². The van der Waals surface area contributed by atoms with E-state index in [2.05, 4.69) is 10.2 Å². The molecule has 0 unspecified atom stereocenters. The Morgan fingerprint density at radius 2 is 1.92 bits per heavy atom. The summed E-state index contributed by atoms with van der Waals surface area (Å²) in [5.41, 5.74) is 2.34. The Hall–Kier alpha value is -3.48. The van der Waals surface area contributed by atoms with Gasteiger partial charge in [0.15, 0.2) is 12.3 Å². The second kappa shape index (κ2) is 6.96. The Bertz CT molecular complexity index is 889. The van der Waals surface area contributed by atoms with E-state index in [1.54, 1.807) is 31.3 Å². The second-order valence-electron chi connectivity index (χ2n) is 5.29. The third kappa shape index (κ3) is 3.40. The van der Waals surface area contributed by atoms with Crippen LogP contribution in [0.25, 0.3) is 0 Å². The van der Waals surface area contributed by atoms with E-state index in [-0.39, 0.29) is 11.6 Å². The quantitative estimate of drug-likeness (QED) is 0.667. The van der Waals surface area contributed by atoms with E-state index in [0.717, 1.165) is 11.3 Å². The predicted octanol–water partition coefficient (Wildman–Crippen LogP) is 1.95. The van der Waals surface area contributed by atoms with Crippen molar-refractivity contribution in [1.29, 1.82) is 0 Å². The number of fused-ring (bicyclic) bond motifs is 1. The lowest BCUT2D eigenvalue weighted by molar-refractivity contribution is -0.139. The summed E-state index contributed by atoms with van der Waals surface area (Å²) in [6, 6.07) is 14.2. The lowest BCUT2D eigenvalue weighted by Gasteiger charge is -2.07. The van der Waals surface area contributed by atoms with Crippen molar-refractivity contribution in [2.45, 2.75) is 0 Å². The average molecular weight is 337 g/mol. The van der Waals surface area contributed by atoms with Crippen molar-refractivity contribution < 1.29 is 19.4 Å². The first-order valence-corrected chi connectivity index (χ1v) is 7.50. The molecule has 0 aromatic heterocycles. The third-order valence-electron chi connectivity index (χ3n) is 3.65. The normalized spacial score (nSPS) is 15.0. The summed E-state index contributed by atoms with van der Waals surface area (Å²) in [7, 11) is 1.68. The van der Waals surface area contributed by atoms with Crippen molar-refractivity contribution in [3.8, 4) is 5.75 Å². The van der Waals surface area contributed by atoms with Crippen molar-refractivity contribution >= 4 is 29.5 Å². The van der Waals surface area contributed by atoms with Crippen LogP contribution in [0.1, 0.15) is 11.1 Å². The Morgan fingerprint density at radius 1 is 1.20 bits per heavy atom. The summed E-state index contributed by atoms with van der Waals surface area (Å²) >= 11 is 0. The topological polar surface area (TPSA) is 91.6 Å². The first-order chi connectivity index (χ1) is 12.1. The molecule has 0 saturated carbocycles. The van der Waals surface area contributed by atoms with E-state index >= 15 is 0 Å². The molecule has 7 nitrogen and oxygen atoms in total. The fourth-order valence-corrected chi connectivity index (χ4v) is 2.45. The molecule has 3 rings (SSSR count). The van der Waals surface area contributed by atoms with Crippen molar-refractivity contribution in [1.82, 2.24) is 0 Å². The number of carbonyl (C=O) groups excluding carboxylic acids is 1. The Morgan fingerprint density at radius 3 is 2.72 bits per heavy atom. The molecule has 0 fully saturated rings. The smallest absolute Gasteiger partial charge is 0.341 e. The molecule has 0 radical (unpaired) electrons. The molecule has 1 N–H and O–H groups in total. The van der Waals surface area contributed by atoms with Gasteiger partial charge in [0.25, 0.3) is 5.91 Å². The summed E-state index contributed by atoms with van der Waals surface area (Å²) in [5.74, 6) is -0.916. The van der Waals surface area contributed by atoms with Gasteiger partial charge in [-0.3, -0.25) is 4.79 Å². The van der Waals surface area contributed by atoms with Crippen LogP contribution in [0.2, 0.25) is 0 Å². The van der Waals surface area contributed by atoms with E-state index in [0.29, 0.717) is 11.3 Å². The van der Waals surface area contributed by atoms with Gasteiger partial charge in [-0.15, -0.1) is 5.10 Å². The number of carboxylic acid groups (broad SMARTS) is 1. The zero-order valence-corrected chi connectivity index (χ0v) is 13.4. The molecule has 25 heavy (non-hydrogen) atoms. The van der Waals surface area contributed by atoms with Crippen molar-refractivity contribution in [3.05, 3.63) is 59.7 Å². The van der Waals surface area contributed by atoms with E-state index in [1.807, 2.05) is 24.3 Å². The molecule has 1 amide bonds. The summed E-state index contributed by atoms with van der Waals surface area (Å²) in [6.45, 7) is -0.448. The van der Waals surface area contributed by atoms with Gasteiger partial charge in [0.2, 0.25) is 0 Å². The zero-order valence-electron chi connectivity index (χ0n) is 13.4. The second-order valence-corrected chi connectivity index (χ2v) is 5.29. The predicted molar refractivity (Wildman–Crippen MR) is 93.6 cm³/mol. The summed E-state index contributed by atoms with van der Waals surface area (Å²) in [6.07, 6.45) is 1.43. The van der Waals surface area contributed by atoms with Gasteiger partial charge in [0.1, 0.15) is 5.75 Å². The fourth-order valence-electron chi connectivity index (χ4n) is 2.45. The molecule has 0 bridgehead atoms. The van der Waals surface area contributed by atoms with Crippen LogP contribution in [0, 0.1) is 0 Å². The molecule has 1 heterocycles. The molecule has 2 aromatic carbocycles. The number of anilines is 1. The van der Waals surface area contributed by atoms with Crippen LogP contribution in [0.5, 0.6) is 5.75 Å². The molecular weight excluding hydrogens is 322 g/mol. The molecule has 0 spiro atoms. The van der Waals surface area contributed by atoms with Gasteiger partial charge < -0.3 is 14.7 Å². The van der Waals surface area contributed by atoms with Crippen LogP contribution in [-0.4, -0.2) is 42.6 Å². The maximum atomic E-state index is 12.3. The number of carboxylic acids is 1. The molecule has 0 atom stereocenters. The number of carbonyl (C=O) groups is 2. The van der Waals surface area contributed by atoms with Crippen LogP contribution in [0.4, 0.5) is 5.69 Å². The number of ether oxygens (including phenoxy) is 1. The SMILES string of the molecule is CN1C(=O)/C(=N\N=C/c2ccccc2OCC(=O)O)c2ccccc21. The van der Waals surface area contributed by atoms with Gasteiger partial charge in [0.05, 0.1) is 11.9 Å². The van der Waals surface area contributed by atoms with Crippen LogP contribution in [-0.2, 0) is 9.59 Å². The summed E-state index contributed by atoms with van der Waals surface area (Å²) in [4.78, 5) is 24.4. The Balaban J connectivity index is 1.85. The average Bonchev–Trinajstić information content (AvgIpc) is 2.86. The number of para-hydroxylation sites is 2. The number of likely N-dealkylation sites (N-methyl/N-ethyl adjacent to an activating group) is 1. The Labute approximate surface area is 143 Å². The Kier molecular flexibility index (Phi) is 4.56. The molecular formula is C18H15N3O4. The summed E-state index contributed by atoms with van der Waals surface area (Å²) in [5, 5.41) is 16.7. The number of nitrogens with zero attached hydrogens (tertiary/aromatic N) is 3.